The number of fused-ring (bicyclic) bond motifs is 1. The van der Waals surface area contributed by atoms with Crippen molar-refractivity contribution in [2.24, 2.45) is 0 Å². The van der Waals surface area contributed by atoms with Gasteiger partial charge >= 0.3 is 0 Å². The first kappa shape index (κ1) is 16.6. The highest BCUT2D eigenvalue weighted by Crippen LogP contribution is 2.40. The summed E-state index contributed by atoms with van der Waals surface area (Å²) in [4.78, 5) is 14.0. The van der Waals surface area contributed by atoms with Gasteiger partial charge in [0.1, 0.15) is 0 Å². The first-order chi connectivity index (χ1) is 12.2. The van der Waals surface area contributed by atoms with Crippen molar-refractivity contribution in [1.29, 1.82) is 0 Å². The molecule has 0 atom stereocenters. The summed E-state index contributed by atoms with van der Waals surface area (Å²) >= 11 is 5.04. The van der Waals surface area contributed by atoms with E-state index in [-0.39, 0.29) is 5.78 Å². The molecule has 3 aromatic rings. The van der Waals surface area contributed by atoms with Crippen molar-refractivity contribution in [2.45, 2.75) is 25.7 Å². The van der Waals surface area contributed by atoms with Crippen LogP contribution in [-0.4, -0.2) is 5.78 Å². The maximum atomic E-state index is 13.1. The average molecular weight is 412 g/mol. The normalized spacial score (nSPS) is 13.3. The van der Waals surface area contributed by atoms with E-state index in [0.29, 0.717) is 0 Å². The lowest BCUT2D eigenvalue weighted by Gasteiger charge is -2.14. The second kappa shape index (κ2) is 7.14. The number of benzene rings is 2. The van der Waals surface area contributed by atoms with Crippen LogP contribution in [0, 0.1) is 0 Å². The summed E-state index contributed by atoms with van der Waals surface area (Å²) in [6, 6.07) is 17.8. The first-order valence-electron chi connectivity index (χ1n) is 8.49. The molecule has 0 spiro atoms. The molecule has 0 saturated heterocycles. The lowest BCUT2D eigenvalue weighted by atomic mass is 9.91. The smallest absolute Gasteiger partial charge is 0.203 e. The molecule has 1 aliphatic rings. The van der Waals surface area contributed by atoms with Gasteiger partial charge in [-0.3, -0.25) is 4.79 Å². The largest absolute Gasteiger partial charge is 0.347 e. The molecule has 0 bridgehead atoms. The average Bonchev–Trinajstić information content (AvgIpc) is 3.01. The number of halogens is 1. The van der Waals surface area contributed by atoms with E-state index in [1.54, 1.807) is 11.3 Å². The van der Waals surface area contributed by atoms with E-state index in [9.17, 15) is 4.79 Å². The van der Waals surface area contributed by atoms with Gasteiger partial charge in [-0.15, -0.1) is 11.3 Å². The highest BCUT2D eigenvalue weighted by Gasteiger charge is 2.25. The van der Waals surface area contributed by atoms with Crippen molar-refractivity contribution in [1.82, 2.24) is 0 Å². The predicted molar refractivity (Wildman–Crippen MR) is 108 cm³/mol. The van der Waals surface area contributed by atoms with E-state index in [4.69, 9.17) is 0 Å². The third kappa shape index (κ3) is 3.42. The molecule has 0 saturated carbocycles. The number of ketones is 1. The Morgan fingerprint density at radius 3 is 2.32 bits per heavy atom. The van der Waals surface area contributed by atoms with Gasteiger partial charge in [-0.25, -0.2) is 0 Å². The van der Waals surface area contributed by atoms with Crippen LogP contribution in [0.25, 0.3) is 0 Å². The van der Waals surface area contributed by atoms with Crippen LogP contribution in [0.3, 0.4) is 0 Å². The maximum absolute atomic E-state index is 13.1. The zero-order chi connectivity index (χ0) is 17.2. The van der Waals surface area contributed by atoms with Crippen molar-refractivity contribution in [3.8, 4) is 0 Å². The van der Waals surface area contributed by atoms with Crippen molar-refractivity contribution in [2.75, 3.05) is 5.32 Å². The van der Waals surface area contributed by atoms with Crippen molar-refractivity contribution in [3.63, 3.8) is 0 Å². The molecule has 1 aliphatic carbocycles. The number of hydrogen-bond donors (Lipinski definition) is 1. The minimum absolute atomic E-state index is 0.136. The van der Waals surface area contributed by atoms with Gasteiger partial charge in [-0.05, 0) is 73.2 Å². The summed E-state index contributed by atoms with van der Waals surface area (Å²) in [5.74, 6) is 0.136. The number of nitrogens with one attached hydrogen (secondary N) is 1. The van der Waals surface area contributed by atoms with Crippen molar-refractivity contribution < 1.29 is 4.79 Å². The Kier molecular flexibility index (Phi) is 4.73. The molecule has 0 unspecified atom stereocenters. The molecule has 126 valence electrons. The summed E-state index contributed by atoms with van der Waals surface area (Å²) < 4.78 is 0.990. The zero-order valence-electron chi connectivity index (χ0n) is 13.7. The van der Waals surface area contributed by atoms with E-state index in [1.165, 1.54) is 17.5 Å². The van der Waals surface area contributed by atoms with Gasteiger partial charge in [0.2, 0.25) is 5.78 Å². The van der Waals surface area contributed by atoms with Crippen molar-refractivity contribution in [3.05, 3.63) is 80.6 Å². The lowest BCUT2D eigenvalue weighted by molar-refractivity contribution is 0.104. The molecule has 25 heavy (non-hydrogen) atoms. The molecule has 4 heteroatoms. The number of para-hydroxylation sites is 1. The Labute approximate surface area is 160 Å². The molecule has 1 aromatic heterocycles. The quantitative estimate of drug-likeness (QED) is 0.505. The Hall–Kier alpha value is -1.91. The minimum atomic E-state index is 0.136. The Bertz CT molecular complexity index is 900. The molecule has 2 nitrogen and oxygen atoms in total. The number of anilines is 2. The Morgan fingerprint density at radius 2 is 1.60 bits per heavy atom. The molecule has 0 radical (unpaired) electrons. The number of carbonyl (C=O) groups excluding carboxylic acids is 1. The summed E-state index contributed by atoms with van der Waals surface area (Å²) in [6.07, 6.45) is 4.41. The van der Waals surface area contributed by atoms with Gasteiger partial charge in [-0.1, -0.05) is 34.1 Å². The second-order valence-electron chi connectivity index (χ2n) is 6.25. The van der Waals surface area contributed by atoms with E-state index >= 15 is 0 Å². The highest BCUT2D eigenvalue weighted by molar-refractivity contribution is 9.10. The van der Waals surface area contributed by atoms with E-state index in [1.807, 2.05) is 42.5 Å². The topological polar surface area (TPSA) is 29.1 Å². The Balaban J connectivity index is 1.73. The molecular formula is C21H18BrNOS. The number of rotatable bonds is 4. The van der Waals surface area contributed by atoms with Crippen LogP contribution >= 0.6 is 27.3 Å². The molecule has 1 heterocycles. The SMILES string of the molecule is O=C(c1ccc(Br)cc1)c1sc(Nc2ccccc2)c2c1CCCC2. The summed E-state index contributed by atoms with van der Waals surface area (Å²) in [5.41, 5.74) is 4.41. The highest BCUT2D eigenvalue weighted by atomic mass is 79.9. The number of thiophene rings is 1. The lowest BCUT2D eigenvalue weighted by Crippen LogP contribution is -2.07. The third-order valence-corrected chi connectivity index (χ3v) is 6.28. The molecular weight excluding hydrogens is 394 g/mol. The molecule has 2 aromatic carbocycles. The van der Waals surface area contributed by atoms with Crippen LogP contribution in [0.2, 0.25) is 0 Å². The van der Waals surface area contributed by atoms with Crippen LogP contribution in [0.5, 0.6) is 0 Å². The molecule has 0 aliphatic heterocycles. The number of hydrogen-bond acceptors (Lipinski definition) is 3. The number of carbonyl (C=O) groups is 1. The van der Waals surface area contributed by atoms with Gasteiger partial charge in [0, 0.05) is 15.7 Å². The second-order valence-corrected chi connectivity index (χ2v) is 8.19. The monoisotopic (exact) mass is 411 g/mol. The van der Waals surface area contributed by atoms with Gasteiger partial charge in [-0.2, -0.15) is 0 Å². The zero-order valence-corrected chi connectivity index (χ0v) is 16.1. The van der Waals surface area contributed by atoms with Gasteiger partial charge in [0.25, 0.3) is 0 Å². The fourth-order valence-corrected chi connectivity index (χ4v) is 4.85. The Morgan fingerprint density at radius 1 is 0.920 bits per heavy atom. The van der Waals surface area contributed by atoms with Gasteiger partial charge in [0.15, 0.2) is 0 Å². The third-order valence-electron chi connectivity index (χ3n) is 4.56. The van der Waals surface area contributed by atoms with Crippen LogP contribution in [0.1, 0.15) is 39.2 Å². The molecule has 0 fully saturated rings. The molecule has 0 amide bonds. The van der Waals surface area contributed by atoms with Crippen LogP contribution in [0.15, 0.2) is 59.1 Å². The fraction of sp³-hybridized carbons (Fsp3) is 0.190. The van der Waals surface area contributed by atoms with Gasteiger partial charge < -0.3 is 5.32 Å². The van der Waals surface area contributed by atoms with E-state index < -0.39 is 0 Å². The molecule has 4 rings (SSSR count). The van der Waals surface area contributed by atoms with Crippen LogP contribution in [0.4, 0.5) is 10.7 Å². The molecule has 1 N–H and O–H groups in total. The van der Waals surface area contributed by atoms with Crippen molar-refractivity contribution >= 4 is 43.7 Å². The van der Waals surface area contributed by atoms with Crippen LogP contribution < -0.4 is 5.32 Å². The van der Waals surface area contributed by atoms with Crippen LogP contribution in [-0.2, 0) is 12.8 Å². The first-order valence-corrected chi connectivity index (χ1v) is 10.1. The summed E-state index contributed by atoms with van der Waals surface area (Å²) in [5, 5.41) is 4.65. The predicted octanol–water partition coefficient (Wildman–Crippen LogP) is 6.36. The van der Waals surface area contributed by atoms with E-state index in [0.717, 1.165) is 44.9 Å². The minimum Gasteiger partial charge on any atom is -0.347 e. The van der Waals surface area contributed by atoms with E-state index in [2.05, 4.69) is 33.4 Å². The fourth-order valence-electron chi connectivity index (χ4n) is 3.30. The van der Waals surface area contributed by atoms with Gasteiger partial charge in [0.05, 0.1) is 9.88 Å². The standard InChI is InChI=1S/C21H18BrNOS/c22-15-12-10-14(11-13-15)19(24)20-17-8-4-5-9-18(17)21(25-20)23-16-6-2-1-3-7-16/h1-3,6-7,10-13,23H,4-5,8-9H2. The summed E-state index contributed by atoms with van der Waals surface area (Å²) in [6.45, 7) is 0. The maximum Gasteiger partial charge on any atom is 0.203 e. The summed E-state index contributed by atoms with van der Waals surface area (Å²) in [7, 11) is 0.